The molecule has 112 valence electrons. The van der Waals surface area contributed by atoms with Gasteiger partial charge in [-0.05, 0) is 20.8 Å². The Kier molecular flexibility index (Phi) is 6.17. The Morgan fingerprint density at radius 2 is 2.05 bits per heavy atom. The summed E-state index contributed by atoms with van der Waals surface area (Å²) < 4.78 is 10.1. The van der Waals surface area contributed by atoms with Crippen LogP contribution in [0.3, 0.4) is 0 Å². The fourth-order valence-corrected chi connectivity index (χ4v) is 1.39. The number of carbonyl (C=O) groups excluding carboxylic acids is 1. The minimum Gasteiger partial charge on any atom is -0.444 e. The van der Waals surface area contributed by atoms with Crippen LogP contribution in [-0.2, 0) is 16.1 Å². The van der Waals surface area contributed by atoms with Crippen molar-refractivity contribution in [1.29, 1.82) is 0 Å². The molecule has 1 aromatic heterocycles. The first-order valence-corrected chi connectivity index (χ1v) is 6.41. The van der Waals surface area contributed by atoms with Gasteiger partial charge < -0.3 is 20.1 Å². The summed E-state index contributed by atoms with van der Waals surface area (Å²) >= 11 is 0. The van der Waals surface area contributed by atoms with Gasteiger partial charge in [0.2, 0.25) is 0 Å². The third kappa shape index (κ3) is 6.89. The van der Waals surface area contributed by atoms with E-state index in [1.807, 2.05) is 20.8 Å². The highest BCUT2D eigenvalue weighted by atomic mass is 16.6. The van der Waals surface area contributed by atoms with Crippen molar-refractivity contribution in [2.45, 2.75) is 33.0 Å². The first-order valence-electron chi connectivity index (χ1n) is 6.41. The van der Waals surface area contributed by atoms with Gasteiger partial charge in [-0.3, -0.25) is 0 Å². The zero-order valence-electron chi connectivity index (χ0n) is 12.4. The third-order valence-electron chi connectivity index (χ3n) is 2.12. The van der Waals surface area contributed by atoms with Crippen LogP contribution < -0.4 is 10.6 Å². The molecular weight excluding hydrogens is 260 g/mol. The maximum absolute atomic E-state index is 11.4. The normalized spacial score (nSPS) is 11.0. The number of ether oxygens (including phenoxy) is 2. The van der Waals surface area contributed by atoms with Gasteiger partial charge in [-0.2, -0.15) is 0 Å². The maximum Gasteiger partial charge on any atom is 0.407 e. The molecule has 0 spiro atoms. The fraction of sp³-hybridized carbons (Fsp3) is 0.615. The Morgan fingerprint density at radius 1 is 1.30 bits per heavy atom. The number of amides is 1. The Morgan fingerprint density at radius 3 is 2.70 bits per heavy atom. The molecule has 2 N–H and O–H groups in total. The molecule has 1 rings (SSSR count). The number of aromatic nitrogens is 2. The minimum atomic E-state index is -0.487. The van der Waals surface area contributed by atoms with Crippen LogP contribution in [0.2, 0.25) is 0 Å². The van der Waals surface area contributed by atoms with E-state index in [2.05, 4.69) is 20.6 Å². The molecule has 0 atom stereocenters. The summed E-state index contributed by atoms with van der Waals surface area (Å²) in [4.78, 5) is 19.5. The predicted octanol–water partition coefficient (Wildman–Crippen LogP) is 1.56. The van der Waals surface area contributed by atoms with E-state index >= 15 is 0 Å². The van der Waals surface area contributed by atoms with Gasteiger partial charge >= 0.3 is 6.09 Å². The number of nitrogens with one attached hydrogen (secondary N) is 2. The lowest BCUT2D eigenvalue weighted by atomic mass is 10.2. The summed E-state index contributed by atoms with van der Waals surface area (Å²) in [6.45, 7) is 6.89. The van der Waals surface area contributed by atoms with Gasteiger partial charge in [0.25, 0.3) is 0 Å². The zero-order chi connectivity index (χ0) is 15.0. The number of methoxy groups -OCH3 is 1. The summed E-state index contributed by atoms with van der Waals surface area (Å²) in [5.41, 5.74) is 0.310. The maximum atomic E-state index is 11.4. The first kappa shape index (κ1) is 16.2. The van der Waals surface area contributed by atoms with Crippen molar-refractivity contribution in [3.63, 3.8) is 0 Å². The van der Waals surface area contributed by atoms with Crippen LogP contribution in [0.4, 0.5) is 10.6 Å². The summed E-state index contributed by atoms with van der Waals surface area (Å²) in [5.74, 6) is 0.693. The lowest BCUT2D eigenvalue weighted by Crippen LogP contribution is -2.35. The van der Waals surface area contributed by atoms with Crippen LogP contribution >= 0.6 is 0 Å². The van der Waals surface area contributed by atoms with Gasteiger partial charge in [0, 0.05) is 26.3 Å². The van der Waals surface area contributed by atoms with Gasteiger partial charge in [-0.1, -0.05) is 0 Å². The summed E-state index contributed by atoms with van der Waals surface area (Å²) in [6, 6.07) is 1.80. The van der Waals surface area contributed by atoms with Crippen LogP contribution in [0, 0.1) is 0 Å². The van der Waals surface area contributed by atoms with Gasteiger partial charge in [0.15, 0.2) is 0 Å². The van der Waals surface area contributed by atoms with E-state index in [1.165, 1.54) is 6.33 Å². The van der Waals surface area contributed by atoms with E-state index in [4.69, 9.17) is 9.47 Å². The molecule has 0 aliphatic heterocycles. The van der Waals surface area contributed by atoms with Crippen molar-refractivity contribution < 1.29 is 14.3 Å². The highest BCUT2D eigenvalue weighted by molar-refractivity contribution is 5.67. The second-order valence-electron chi connectivity index (χ2n) is 5.18. The fourth-order valence-electron chi connectivity index (χ4n) is 1.39. The van der Waals surface area contributed by atoms with Crippen molar-refractivity contribution in [3.05, 3.63) is 18.1 Å². The Bertz CT molecular complexity index is 432. The van der Waals surface area contributed by atoms with Gasteiger partial charge in [0.1, 0.15) is 17.7 Å². The van der Waals surface area contributed by atoms with Crippen LogP contribution in [0.5, 0.6) is 0 Å². The van der Waals surface area contributed by atoms with Crippen molar-refractivity contribution in [2.75, 3.05) is 25.5 Å². The van der Waals surface area contributed by atoms with Crippen LogP contribution in [0.1, 0.15) is 26.5 Å². The van der Waals surface area contributed by atoms with E-state index in [-0.39, 0.29) is 0 Å². The minimum absolute atomic E-state index is 0.429. The first-order chi connectivity index (χ1) is 9.40. The molecule has 0 aliphatic carbocycles. The molecule has 1 amide bonds. The quantitative estimate of drug-likeness (QED) is 0.770. The number of anilines is 1. The Hall–Kier alpha value is -1.89. The summed E-state index contributed by atoms with van der Waals surface area (Å²) in [6.07, 6.45) is 1.04. The lowest BCUT2D eigenvalue weighted by Gasteiger charge is -2.19. The van der Waals surface area contributed by atoms with Crippen molar-refractivity contribution in [2.24, 2.45) is 0 Å². The zero-order valence-corrected chi connectivity index (χ0v) is 12.4. The van der Waals surface area contributed by atoms with Crippen molar-refractivity contribution >= 4 is 11.9 Å². The van der Waals surface area contributed by atoms with E-state index in [1.54, 1.807) is 13.2 Å². The van der Waals surface area contributed by atoms with Gasteiger partial charge in [-0.15, -0.1) is 0 Å². The smallest absolute Gasteiger partial charge is 0.407 e. The average molecular weight is 282 g/mol. The highest BCUT2D eigenvalue weighted by Crippen LogP contribution is 2.06. The van der Waals surface area contributed by atoms with Crippen LogP contribution in [0.15, 0.2) is 12.4 Å². The molecule has 0 saturated carbocycles. The number of hydrogen-bond acceptors (Lipinski definition) is 6. The summed E-state index contributed by atoms with van der Waals surface area (Å²) in [7, 11) is 1.61. The average Bonchev–Trinajstić information content (AvgIpc) is 2.33. The molecule has 0 unspecified atom stereocenters. The number of alkyl carbamates (subject to hydrolysis) is 1. The van der Waals surface area contributed by atoms with E-state index in [9.17, 15) is 4.79 Å². The Balaban J connectivity index is 2.27. The summed E-state index contributed by atoms with van der Waals surface area (Å²) in [5, 5.41) is 5.74. The molecule has 7 heteroatoms. The van der Waals surface area contributed by atoms with Crippen molar-refractivity contribution in [1.82, 2.24) is 15.3 Å². The predicted molar refractivity (Wildman–Crippen MR) is 75.5 cm³/mol. The molecule has 0 aliphatic rings. The van der Waals surface area contributed by atoms with E-state index < -0.39 is 11.7 Å². The molecule has 0 fully saturated rings. The lowest BCUT2D eigenvalue weighted by molar-refractivity contribution is 0.0530. The molecule has 0 radical (unpaired) electrons. The van der Waals surface area contributed by atoms with E-state index in [0.717, 1.165) is 5.69 Å². The molecule has 1 aromatic rings. The monoisotopic (exact) mass is 282 g/mol. The Labute approximate surface area is 119 Å². The second-order valence-corrected chi connectivity index (χ2v) is 5.18. The molecule has 0 saturated heterocycles. The molecule has 20 heavy (non-hydrogen) atoms. The second kappa shape index (κ2) is 7.64. The number of carbonyl (C=O) groups is 1. The number of rotatable bonds is 6. The largest absolute Gasteiger partial charge is 0.444 e. The molecule has 7 nitrogen and oxygen atoms in total. The van der Waals surface area contributed by atoms with Crippen molar-refractivity contribution in [3.8, 4) is 0 Å². The van der Waals surface area contributed by atoms with E-state index in [0.29, 0.717) is 25.5 Å². The number of hydrogen-bond donors (Lipinski definition) is 2. The number of nitrogens with zero attached hydrogens (tertiary/aromatic N) is 2. The van der Waals surface area contributed by atoms with Crippen LogP contribution in [-0.4, -0.2) is 41.9 Å². The SMILES string of the molecule is COCc1cc(NCCNC(=O)OC(C)(C)C)ncn1. The standard InChI is InChI=1S/C13H22N4O3/c1-13(2,3)20-12(18)15-6-5-14-11-7-10(8-19-4)16-9-17-11/h7,9H,5-6,8H2,1-4H3,(H,15,18)(H,14,16,17). The molecule has 0 bridgehead atoms. The van der Waals surface area contributed by atoms with Gasteiger partial charge in [-0.25, -0.2) is 14.8 Å². The molecule has 0 aromatic carbocycles. The molecule has 1 heterocycles. The van der Waals surface area contributed by atoms with Gasteiger partial charge in [0.05, 0.1) is 12.3 Å². The third-order valence-corrected chi connectivity index (χ3v) is 2.12. The van der Waals surface area contributed by atoms with Crippen LogP contribution in [0.25, 0.3) is 0 Å². The highest BCUT2D eigenvalue weighted by Gasteiger charge is 2.15. The topological polar surface area (TPSA) is 85.4 Å². The molecular formula is C13H22N4O3.